The third-order valence-corrected chi connectivity index (χ3v) is 3.18. The number of hydrogen-bond acceptors (Lipinski definition) is 6. The van der Waals surface area contributed by atoms with Crippen molar-refractivity contribution >= 4 is 33.5 Å². The van der Waals surface area contributed by atoms with Gasteiger partial charge in [-0.2, -0.15) is 0 Å². The highest BCUT2D eigenvalue weighted by Crippen LogP contribution is 2.23. The molecule has 0 amide bonds. The number of H-pyrrole nitrogens is 1. The predicted octanol–water partition coefficient (Wildman–Crippen LogP) is 0.877. The largest absolute Gasteiger partial charge is 0.384 e. The summed E-state index contributed by atoms with van der Waals surface area (Å²) in [6, 6.07) is 1.60. The van der Waals surface area contributed by atoms with Crippen molar-refractivity contribution in [2.24, 2.45) is 0 Å². The van der Waals surface area contributed by atoms with Crippen LogP contribution in [0.15, 0.2) is 25.8 Å². The van der Waals surface area contributed by atoms with Crippen molar-refractivity contribution in [1.82, 2.24) is 24.7 Å². The minimum Gasteiger partial charge on any atom is -0.384 e. The average molecular weight is 317 g/mol. The van der Waals surface area contributed by atoms with Crippen LogP contribution < -0.4 is 11.4 Å². The molecule has 0 bridgehead atoms. The third kappa shape index (κ3) is 2.67. The highest BCUT2D eigenvalue weighted by molar-refractivity contribution is 9.10. The van der Waals surface area contributed by atoms with Gasteiger partial charge in [-0.25, -0.2) is 19.9 Å². The smallest absolute Gasteiger partial charge is 0.343 e. The molecule has 0 aliphatic rings. The van der Waals surface area contributed by atoms with Gasteiger partial charge in [0, 0.05) is 12.6 Å². The van der Waals surface area contributed by atoms with Gasteiger partial charge in [0.1, 0.15) is 10.4 Å². The Bertz CT molecular complexity index is 574. The van der Waals surface area contributed by atoms with Gasteiger partial charge in [0.2, 0.25) is 0 Å². The average Bonchev–Trinajstić information content (AvgIpc) is 2.57. The van der Waals surface area contributed by atoms with Crippen molar-refractivity contribution in [2.45, 2.75) is 23.8 Å². The number of anilines is 1. The summed E-state index contributed by atoms with van der Waals surface area (Å²) in [5, 5.41) is 7.21. The highest BCUT2D eigenvalue weighted by atomic mass is 79.9. The lowest BCUT2D eigenvalue weighted by Crippen LogP contribution is -2.16. The van der Waals surface area contributed by atoms with Crippen molar-refractivity contribution in [2.75, 3.05) is 5.73 Å². The highest BCUT2D eigenvalue weighted by Gasteiger charge is 2.11. The van der Waals surface area contributed by atoms with E-state index in [1.165, 1.54) is 16.3 Å². The maximum atomic E-state index is 11.4. The van der Waals surface area contributed by atoms with Crippen molar-refractivity contribution in [3.8, 4) is 0 Å². The van der Waals surface area contributed by atoms with Gasteiger partial charge in [-0.1, -0.05) is 0 Å². The monoisotopic (exact) mass is 316 g/mol. The minimum absolute atomic E-state index is 0.252. The molecule has 90 valence electrons. The van der Waals surface area contributed by atoms with Gasteiger partial charge in [-0.3, -0.25) is 4.57 Å². The molecular weight excluding hydrogens is 308 g/mol. The molecule has 2 heterocycles. The number of aromatic amines is 1. The molecule has 0 spiro atoms. The summed E-state index contributed by atoms with van der Waals surface area (Å²) in [4.78, 5) is 19.5. The maximum absolute atomic E-state index is 11.4. The van der Waals surface area contributed by atoms with Crippen molar-refractivity contribution in [1.29, 1.82) is 0 Å². The fraction of sp³-hybridized carbons (Fsp3) is 0.250. The van der Waals surface area contributed by atoms with Crippen LogP contribution in [0.2, 0.25) is 0 Å². The number of aromatic nitrogens is 5. The van der Waals surface area contributed by atoms with Gasteiger partial charge in [-0.05, 0) is 34.6 Å². The Labute approximate surface area is 109 Å². The SMILES string of the molecule is CCn1c(Sc2nc(N)cc(Br)n2)n[nH]c1=O. The van der Waals surface area contributed by atoms with E-state index >= 15 is 0 Å². The van der Waals surface area contributed by atoms with E-state index in [0.717, 1.165) is 0 Å². The van der Waals surface area contributed by atoms with Crippen LogP contribution >= 0.6 is 27.7 Å². The molecule has 17 heavy (non-hydrogen) atoms. The van der Waals surface area contributed by atoms with Crippen molar-refractivity contribution < 1.29 is 0 Å². The van der Waals surface area contributed by atoms with Crippen LogP contribution in [-0.4, -0.2) is 24.7 Å². The summed E-state index contributed by atoms with van der Waals surface area (Å²) >= 11 is 4.40. The van der Waals surface area contributed by atoms with E-state index in [9.17, 15) is 4.79 Å². The lowest BCUT2D eigenvalue weighted by Gasteiger charge is -2.02. The Morgan fingerprint density at radius 2 is 2.35 bits per heavy atom. The summed E-state index contributed by atoms with van der Waals surface area (Å²) in [7, 11) is 0. The molecule has 0 saturated heterocycles. The second-order valence-electron chi connectivity index (χ2n) is 3.06. The van der Waals surface area contributed by atoms with Gasteiger partial charge in [-0.15, -0.1) is 5.10 Å². The van der Waals surface area contributed by atoms with Crippen LogP contribution in [0, 0.1) is 0 Å². The fourth-order valence-electron chi connectivity index (χ4n) is 1.20. The Kier molecular flexibility index (Phi) is 3.48. The fourth-order valence-corrected chi connectivity index (χ4v) is 2.59. The van der Waals surface area contributed by atoms with Crippen LogP contribution in [0.5, 0.6) is 0 Å². The molecule has 0 aliphatic carbocycles. The Hall–Kier alpha value is -1.35. The minimum atomic E-state index is -0.252. The number of nitrogens with one attached hydrogen (secondary N) is 1. The van der Waals surface area contributed by atoms with Gasteiger partial charge >= 0.3 is 5.69 Å². The number of halogens is 1. The number of rotatable bonds is 3. The van der Waals surface area contributed by atoms with Crippen LogP contribution in [-0.2, 0) is 6.54 Å². The lowest BCUT2D eigenvalue weighted by molar-refractivity contribution is 0.659. The van der Waals surface area contributed by atoms with Gasteiger partial charge in [0.05, 0.1) is 0 Å². The van der Waals surface area contributed by atoms with Crippen LogP contribution in [0.4, 0.5) is 5.82 Å². The molecular formula is C8H9BrN6OS. The van der Waals surface area contributed by atoms with Crippen LogP contribution in [0.1, 0.15) is 6.92 Å². The summed E-state index contributed by atoms with van der Waals surface area (Å²) in [5.41, 5.74) is 5.35. The standard InChI is InChI=1S/C8H9BrN6OS/c1-2-15-7(16)13-14-8(15)17-6-11-4(9)3-5(10)12-6/h3H,2H2,1H3,(H,13,16)(H2,10,11,12). The van der Waals surface area contributed by atoms with E-state index in [1.54, 1.807) is 6.07 Å². The van der Waals surface area contributed by atoms with E-state index < -0.39 is 0 Å². The zero-order valence-electron chi connectivity index (χ0n) is 8.85. The number of nitrogens with zero attached hydrogens (tertiary/aromatic N) is 4. The predicted molar refractivity (Wildman–Crippen MR) is 66.8 cm³/mol. The first-order valence-corrected chi connectivity index (χ1v) is 6.34. The van der Waals surface area contributed by atoms with Gasteiger partial charge in [0.15, 0.2) is 10.3 Å². The van der Waals surface area contributed by atoms with Gasteiger partial charge in [0.25, 0.3) is 0 Å². The number of hydrogen-bond donors (Lipinski definition) is 2. The molecule has 0 saturated carbocycles. The van der Waals surface area contributed by atoms with E-state index in [2.05, 4.69) is 36.1 Å². The molecule has 7 nitrogen and oxygen atoms in total. The first-order chi connectivity index (χ1) is 8.10. The third-order valence-electron chi connectivity index (χ3n) is 1.92. The molecule has 0 unspecified atom stereocenters. The van der Waals surface area contributed by atoms with E-state index in [4.69, 9.17) is 5.73 Å². The van der Waals surface area contributed by atoms with E-state index in [0.29, 0.717) is 27.3 Å². The molecule has 0 radical (unpaired) electrons. The Morgan fingerprint density at radius 3 is 3.00 bits per heavy atom. The molecule has 2 aromatic heterocycles. The van der Waals surface area contributed by atoms with Crippen molar-refractivity contribution in [3.05, 3.63) is 21.2 Å². The summed E-state index contributed by atoms with van der Waals surface area (Å²) < 4.78 is 2.08. The molecule has 2 aromatic rings. The second-order valence-corrected chi connectivity index (χ2v) is 4.80. The molecule has 0 fully saturated rings. The Morgan fingerprint density at radius 1 is 1.59 bits per heavy atom. The second kappa shape index (κ2) is 4.88. The molecule has 0 aromatic carbocycles. The molecule has 9 heteroatoms. The van der Waals surface area contributed by atoms with Crippen LogP contribution in [0.25, 0.3) is 0 Å². The molecule has 0 aliphatic heterocycles. The summed E-state index contributed by atoms with van der Waals surface area (Å²) in [6.45, 7) is 2.39. The molecule has 0 atom stereocenters. The quantitative estimate of drug-likeness (QED) is 0.643. The summed E-state index contributed by atoms with van der Waals surface area (Å²) in [6.07, 6.45) is 0. The maximum Gasteiger partial charge on any atom is 0.343 e. The number of nitrogen functional groups attached to an aromatic ring is 1. The summed E-state index contributed by atoms with van der Waals surface area (Å²) in [5.74, 6) is 0.357. The molecule has 2 rings (SSSR count). The number of nitrogens with two attached hydrogens (primary N) is 1. The van der Waals surface area contributed by atoms with E-state index in [1.807, 2.05) is 6.92 Å². The topological polar surface area (TPSA) is 102 Å². The zero-order valence-corrected chi connectivity index (χ0v) is 11.2. The van der Waals surface area contributed by atoms with E-state index in [-0.39, 0.29) is 5.69 Å². The normalized spacial score (nSPS) is 10.7. The zero-order chi connectivity index (χ0) is 12.4. The molecule has 3 N–H and O–H groups in total. The van der Waals surface area contributed by atoms with Crippen molar-refractivity contribution in [3.63, 3.8) is 0 Å². The Balaban J connectivity index is 2.34. The van der Waals surface area contributed by atoms with Gasteiger partial charge < -0.3 is 5.73 Å². The first-order valence-electron chi connectivity index (χ1n) is 4.73. The van der Waals surface area contributed by atoms with Crippen LogP contribution in [0.3, 0.4) is 0 Å². The first kappa shape index (κ1) is 12.1. The lowest BCUT2D eigenvalue weighted by atomic mass is 10.6.